The summed E-state index contributed by atoms with van der Waals surface area (Å²) in [4.78, 5) is 12.3. The Labute approximate surface area is 170 Å². The van der Waals surface area contributed by atoms with Gasteiger partial charge in [0.15, 0.2) is 11.5 Å². The van der Waals surface area contributed by atoms with Crippen LogP contribution in [0.25, 0.3) is 0 Å². The van der Waals surface area contributed by atoms with E-state index in [2.05, 4.69) is 37.2 Å². The summed E-state index contributed by atoms with van der Waals surface area (Å²) in [5.41, 5.74) is 1.31. The lowest BCUT2D eigenvalue weighted by molar-refractivity contribution is 0.0477. The number of aromatic nitrogens is 1. The summed E-state index contributed by atoms with van der Waals surface area (Å²) in [6.07, 6.45) is 4.55. The van der Waals surface area contributed by atoms with Crippen molar-refractivity contribution in [1.82, 2.24) is 19.7 Å². The number of hydrogen-bond acceptors (Lipinski definition) is 7. The summed E-state index contributed by atoms with van der Waals surface area (Å²) >= 11 is 1.77. The summed E-state index contributed by atoms with van der Waals surface area (Å²) in [5, 5.41) is 3.32. The molecular weight excluding hydrogens is 372 g/mol. The zero-order chi connectivity index (χ0) is 18.8. The molecule has 6 nitrogen and oxygen atoms in total. The Kier molecular flexibility index (Phi) is 5.49. The fourth-order valence-corrected chi connectivity index (χ4v) is 5.24. The molecular formula is C21H28N4O2S. The van der Waals surface area contributed by atoms with Crippen molar-refractivity contribution in [3.05, 3.63) is 40.3 Å². The summed E-state index contributed by atoms with van der Waals surface area (Å²) in [6.45, 7) is 9.35. The lowest BCUT2D eigenvalue weighted by Gasteiger charge is -2.43. The molecule has 0 radical (unpaired) electrons. The highest BCUT2D eigenvalue weighted by Crippen LogP contribution is 2.33. The van der Waals surface area contributed by atoms with E-state index in [-0.39, 0.29) is 0 Å². The molecule has 5 rings (SSSR count). The number of rotatable bonds is 5. The molecule has 0 amide bonds. The van der Waals surface area contributed by atoms with Crippen LogP contribution in [0.15, 0.2) is 29.8 Å². The normalized spacial score (nSPS) is 23.9. The molecule has 0 aliphatic carbocycles. The van der Waals surface area contributed by atoms with Crippen LogP contribution in [-0.2, 0) is 13.1 Å². The molecule has 1 aromatic heterocycles. The molecule has 0 bridgehead atoms. The highest BCUT2D eigenvalue weighted by molar-refractivity contribution is 7.09. The number of benzene rings is 1. The van der Waals surface area contributed by atoms with Gasteiger partial charge in [-0.15, -0.1) is 11.3 Å². The maximum Gasteiger partial charge on any atom is 0.231 e. The zero-order valence-corrected chi connectivity index (χ0v) is 17.1. The summed E-state index contributed by atoms with van der Waals surface area (Å²) < 4.78 is 10.9. The van der Waals surface area contributed by atoms with Crippen LogP contribution in [0.5, 0.6) is 11.5 Å². The van der Waals surface area contributed by atoms with Crippen LogP contribution >= 0.6 is 11.3 Å². The first-order chi connectivity index (χ1) is 13.8. The molecule has 0 N–H and O–H groups in total. The molecule has 1 aromatic carbocycles. The summed E-state index contributed by atoms with van der Waals surface area (Å²) in [5.74, 6) is 1.76. The minimum Gasteiger partial charge on any atom is -0.454 e. The fourth-order valence-electron chi connectivity index (χ4n) is 4.58. The van der Waals surface area contributed by atoms with Gasteiger partial charge in [-0.05, 0) is 37.1 Å². The Morgan fingerprint density at radius 2 is 1.89 bits per heavy atom. The van der Waals surface area contributed by atoms with Crippen molar-refractivity contribution in [2.75, 3.05) is 46.1 Å². The average Bonchev–Trinajstić information content (AvgIpc) is 3.40. The van der Waals surface area contributed by atoms with Crippen molar-refractivity contribution < 1.29 is 9.47 Å². The molecule has 2 saturated heterocycles. The van der Waals surface area contributed by atoms with Gasteiger partial charge in [0.25, 0.3) is 0 Å². The van der Waals surface area contributed by atoms with Crippen molar-refractivity contribution in [2.24, 2.45) is 0 Å². The smallest absolute Gasteiger partial charge is 0.231 e. The highest BCUT2D eigenvalue weighted by atomic mass is 32.1. The molecule has 28 heavy (non-hydrogen) atoms. The van der Waals surface area contributed by atoms with E-state index in [0.717, 1.165) is 37.7 Å². The number of fused-ring (bicyclic) bond motifs is 1. The van der Waals surface area contributed by atoms with Gasteiger partial charge in [-0.3, -0.25) is 14.7 Å². The molecule has 1 atom stereocenters. The van der Waals surface area contributed by atoms with Gasteiger partial charge < -0.3 is 9.47 Å². The van der Waals surface area contributed by atoms with Gasteiger partial charge in [0.05, 0.1) is 6.54 Å². The summed E-state index contributed by atoms with van der Waals surface area (Å²) in [6, 6.07) is 7.03. The van der Waals surface area contributed by atoms with Crippen LogP contribution < -0.4 is 9.47 Å². The zero-order valence-electron chi connectivity index (χ0n) is 16.3. The van der Waals surface area contributed by atoms with Crippen LogP contribution in [-0.4, -0.2) is 71.8 Å². The monoisotopic (exact) mass is 400 g/mol. The van der Waals surface area contributed by atoms with E-state index >= 15 is 0 Å². The van der Waals surface area contributed by atoms with E-state index < -0.39 is 0 Å². The quantitative estimate of drug-likeness (QED) is 0.769. The topological polar surface area (TPSA) is 41.1 Å². The first-order valence-electron chi connectivity index (χ1n) is 10.3. The Balaban J connectivity index is 1.11. The Hall–Kier alpha value is -1.67. The van der Waals surface area contributed by atoms with E-state index in [4.69, 9.17) is 9.47 Å². The predicted molar refractivity (Wildman–Crippen MR) is 110 cm³/mol. The SMILES string of the molecule is c1csc(CN2CCC[C@@H](N3CCN(Cc4ccc5c(c4)OCO5)CC3)C2)n1. The number of piperazine rings is 1. The maximum atomic E-state index is 5.51. The van der Waals surface area contributed by atoms with Crippen LogP contribution in [0, 0.1) is 0 Å². The van der Waals surface area contributed by atoms with Crippen molar-refractivity contribution in [3.8, 4) is 11.5 Å². The number of piperidine rings is 1. The largest absolute Gasteiger partial charge is 0.454 e. The number of likely N-dealkylation sites (tertiary alicyclic amines) is 1. The first kappa shape index (κ1) is 18.4. The van der Waals surface area contributed by atoms with Gasteiger partial charge in [0.1, 0.15) is 5.01 Å². The third kappa shape index (κ3) is 4.17. The molecule has 150 valence electrons. The lowest BCUT2D eigenvalue weighted by Crippen LogP contribution is -2.54. The maximum absolute atomic E-state index is 5.51. The second kappa shape index (κ2) is 8.37. The van der Waals surface area contributed by atoms with E-state index in [9.17, 15) is 0 Å². The standard InChI is InChI=1S/C21H28N4O2S/c1-2-18(14-24(6-1)15-21-22-5-11-28-21)25-9-7-23(8-10-25)13-17-3-4-19-20(12-17)27-16-26-19/h3-5,11-12,18H,1-2,6-10,13-16H2/t18-/m1/s1. The predicted octanol–water partition coefficient (Wildman–Crippen LogP) is 2.65. The fraction of sp³-hybridized carbons (Fsp3) is 0.571. The van der Waals surface area contributed by atoms with Crippen LogP contribution in [0.3, 0.4) is 0 Å². The molecule has 0 unspecified atom stereocenters. The van der Waals surface area contributed by atoms with Crippen molar-refractivity contribution in [3.63, 3.8) is 0 Å². The minimum atomic E-state index is 0.346. The van der Waals surface area contributed by atoms with Gasteiger partial charge in [-0.2, -0.15) is 0 Å². The van der Waals surface area contributed by atoms with E-state index in [0.29, 0.717) is 12.8 Å². The second-order valence-corrected chi connectivity index (χ2v) is 8.94. The number of ether oxygens (including phenoxy) is 2. The van der Waals surface area contributed by atoms with Crippen molar-refractivity contribution in [1.29, 1.82) is 0 Å². The Bertz CT molecular complexity index is 777. The van der Waals surface area contributed by atoms with E-state index in [1.807, 2.05) is 12.3 Å². The summed E-state index contributed by atoms with van der Waals surface area (Å²) in [7, 11) is 0. The van der Waals surface area contributed by atoms with Gasteiger partial charge in [-0.25, -0.2) is 4.98 Å². The molecule has 2 fully saturated rings. The van der Waals surface area contributed by atoms with Gasteiger partial charge in [-0.1, -0.05) is 6.07 Å². The van der Waals surface area contributed by atoms with Gasteiger partial charge in [0, 0.05) is 56.9 Å². The number of thiazole rings is 1. The third-order valence-electron chi connectivity index (χ3n) is 6.09. The molecule has 2 aromatic rings. The van der Waals surface area contributed by atoms with Gasteiger partial charge in [0.2, 0.25) is 6.79 Å². The minimum absolute atomic E-state index is 0.346. The molecule has 3 aliphatic heterocycles. The van der Waals surface area contributed by atoms with Crippen molar-refractivity contribution in [2.45, 2.75) is 32.0 Å². The lowest BCUT2D eigenvalue weighted by atomic mass is 10.0. The first-order valence-corrected chi connectivity index (χ1v) is 11.2. The second-order valence-electron chi connectivity index (χ2n) is 7.96. The molecule has 3 aliphatic rings. The van der Waals surface area contributed by atoms with Crippen molar-refractivity contribution >= 4 is 11.3 Å². The van der Waals surface area contributed by atoms with Crippen LogP contribution in [0.1, 0.15) is 23.4 Å². The molecule has 0 spiro atoms. The Morgan fingerprint density at radius 3 is 2.75 bits per heavy atom. The molecule has 4 heterocycles. The van der Waals surface area contributed by atoms with Crippen LogP contribution in [0.2, 0.25) is 0 Å². The molecule has 0 saturated carbocycles. The van der Waals surface area contributed by atoms with Gasteiger partial charge >= 0.3 is 0 Å². The van der Waals surface area contributed by atoms with E-state index in [1.54, 1.807) is 11.3 Å². The average molecular weight is 401 g/mol. The van der Waals surface area contributed by atoms with E-state index in [1.165, 1.54) is 49.6 Å². The number of hydrogen-bond donors (Lipinski definition) is 0. The highest BCUT2D eigenvalue weighted by Gasteiger charge is 2.28. The van der Waals surface area contributed by atoms with Crippen LogP contribution in [0.4, 0.5) is 0 Å². The third-order valence-corrected chi connectivity index (χ3v) is 6.85. The number of nitrogens with zero attached hydrogens (tertiary/aromatic N) is 4. The molecule has 7 heteroatoms. The Morgan fingerprint density at radius 1 is 1.00 bits per heavy atom.